The number of ether oxygens (including phenoxy) is 1. The number of carbonyl (C=O) groups is 2. The Morgan fingerprint density at radius 2 is 2.04 bits per heavy atom. The molecule has 0 aliphatic carbocycles. The number of carbonyl (C=O) groups excluding carboxylic acids is 2. The number of hydrogen-bond acceptors (Lipinski definition) is 3. The van der Waals surface area contributed by atoms with E-state index in [2.05, 4.69) is 10.3 Å². The molecule has 24 heavy (non-hydrogen) atoms. The summed E-state index contributed by atoms with van der Waals surface area (Å²) in [5, 5.41) is 4.09. The second kappa shape index (κ2) is 7.88. The molecular formula is C16H19Cl2N3O3. The van der Waals surface area contributed by atoms with Gasteiger partial charge in [-0.2, -0.15) is 0 Å². The molecule has 0 saturated carbocycles. The highest BCUT2D eigenvalue weighted by Crippen LogP contribution is 2.30. The molecule has 1 aromatic heterocycles. The molecule has 0 spiro atoms. The van der Waals surface area contributed by atoms with E-state index in [-0.39, 0.29) is 24.0 Å². The van der Waals surface area contributed by atoms with Crippen LogP contribution >= 0.6 is 11.6 Å². The number of aromatic amines is 1. The number of likely N-dealkylation sites (tertiary alicyclic amines) is 1. The summed E-state index contributed by atoms with van der Waals surface area (Å²) in [5.74, 6) is -0.644. The van der Waals surface area contributed by atoms with Crippen molar-refractivity contribution in [1.82, 2.24) is 4.98 Å². The SMILES string of the molecule is COC(=O)c1[nH]c2ccc(Cl)cc2c1NC(=O)C[NH+]1CCCC1.[Cl-]. The van der Waals surface area contributed by atoms with E-state index in [1.54, 1.807) is 18.2 Å². The minimum atomic E-state index is -0.527. The summed E-state index contributed by atoms with van der Waals surface area (Å²) in [6.45, 7) is 2.42. The van der Waals surface area contributed by atoms with Gasteiger partial charge in [0.1, 0.15) is 5.69 Å². The van der Waals surface area contributed by atoms with Crippen LogP contribution in [0, 0.1) is 0 Å². The van der Waals surface area contributed by atoms with Crippen molar-refractivity contribution in [2.75, 3.05) is 32.1 Å². The van der Waals surface area contributed by atoms with Crippen LogP contribution in [-0.4, -0.2) is 43.6 Å². The Balaban J connectivity index is 0.00000208. The summed E-state index contributed by atoms with van der Waals surface area (Å²) >= 11 is 6.04. The van der Waals surface area contributed by atoms with Gasteiger partial charge in [0.15, 0.2) is 6.54 Å². The molecule has 3 N–H and O–H groups in total. The van der Waals surface area contributed by atoms with Crippen molar-refractivity contribution in [3.63, 3.8) is 0 Å². The van der Waals surface area contributed by atoms with E-state index in [0.29, 0.717) is 22.6 Å². The first-order valence-electron chi connectivity index (χ1n) is 7.61. The number of fused-ring (bicyclic) bond motifs is 1. The molecule has 2 heterocycles. The smallest absolute Gasteiger partial charge is 0.356 e. The van der Waals surface area contributed by atoms with E-state index in [0.717, 1.165) is 31.4 Å². The van der Waals surface area contributed by atoms with Gasteiger partial charge >= 0.3 is 5.97 Å². The van der Waals surface area contributed by atoms with Crippen LogP contribution in [0.3, 0.4) is 0 Å². The number of methoxy groups -OCH3 is 1. The van der Waals surface area contributed by atoms with Crippen LogP contribution in [0.25, 0.3) is 10.9 Å². The molecule has 1 fully saturated rings. The first kappa shape index (κ1) is 18.6. The molecule has 1 aromatic carbocycles. The molecule has 3 rings (SSSR count). The Bertz CT molecular complexity index is 754. The topological polar surface area (TPSA) is 75.6 Å². The van der Waals surface area contributed by atoms with Gasteiger partial charge in [-0.1, -0.05) is 11.6 Å². The van der Waals surface area contributed by atoms with Gasteiger partial charge in [-0.05, 0) is 18.2 Å². The molecular weight excluding hydrogens is 353 g/mol. The number of benzene rings is 1. The van der Waals surface area contributed by atoms with Gasteiger partial charge in [0.25, 0.3) is 5.91 Å². The first-order valence-corrected chi connectivity index (χ1v) is 7.99. The third-order valence-electron chi connectivity index (χ3n) is 4.14. The Morgan fingerprint density at radius 1 is 1.33 bits per heavy atom. The third kappa shape index (κ3) is 3.83. The lowest BCUT2D eigenvalue weighted by atomic mass is 10.2. The zero-order valence-electron chi connectivity index (χ0n) is 13.2. The van der Waals surface area contributed by atoms with Crippen LogP contribution in [0.2, 0.25) is 5.02 Å². The summed E-state index contributed by atoms with van der Waals surface area (Å²) in [6, 6.07) is 5.21. The number of esters is 1. The summed E-state index contributed by atoms with van der Waals surface area (Å²) in [6.07, 6.45) is 2.30. The molecule has 130 valence electrons. The van der Waals surface area contributed by atoms with Gasteiger partial charge in [0.05, 0.1) is 25.9 Å². The van der Waals surface area contributed by atoms with Crippen LogP contribution < -0.4 is 22.6 Å². The van der Waals surface area contributed by atoms with Gasteiger partial charge in [0, 0.05) is 28.8 Å². The number of hydrogen-bond donors (Lipinski definition) is 3. The maximum Gasteiger partial charge on any atom is 0.356 e. The molecule has 6 nitrogen and oxygen atoms in total. The van der Waals surface area contributed by atoms with Gasteiger partial charge in [-0.25, -0.2) is 4.79 Å². The number of quaternary nitrogens is 1. The molecule has 1 aliphatic heterocycles. The molecule has 1 aliphatic rings. The van der Waals surface area contributed by atoms with Crippen LogP contribution in [0.5, 0.6) is 0 Å². The van der Waals surface area contributed by atoms with Gasteiger partial charge in [-0.15, -0.1) is 0 Å². The lowest BCUT2D eigenvalue weighted by Crippen LogP contribution is -3.11. The van der Waals surface area contributed by atoms with Crippen molar-refractivity contribution < 1.29 is 31.6 Å². The number of halogens is 2. The monoisotopic (exact) mass is 371 g/mol. The number of amides is 1. The van der Waals surface area contributed by atoms with Gasteiger partial charge < -0.3 is 32.3 Å². The van der Waals surface area contributed by atoms with Crippen molar-refractivity contribution in [2.45, 2.75) is 12.8 Å². The minimum Gasteiger partial charge on any atom is -1.00 e. The Morgan fingerprint density at radius 3 is 2.71 bits per heavy atom. The van der Waals surface area contributed by atoms with Crippen molar-refractivity contribution in [3.05, 3.63) is 28.9 Å². The fourth-order valence-corrected chi connectivity index (χ4v) is 3.18. The zero-order chi connectivity index (χ0) is 16.4. The standard InChI is InChI=1S/C16H18ClN3O3.ClH/c1-23-16(22)15-14(11-8-10(17)4-5-12(11)18-15)19-13(21)9-20-6-2-3-7-20;/h4-5,8,18H,2-3,6-7,9H2,1H3,(H,19,21);1H. The maximum atomic E-state index is 12.3. The van der Waals surface area contributed by atoms with Crippen molar-refractivity contribution >= 4 is 40.1 Å². The second-order valence-electron chi connectivity index (χ2n) is 5.74. The number of anilines is 1. The number of aromatic nitrogens is 1. The molecule has 0 unspecified atom stereocenters. The average Bonchev–Trinajstić information content (AvgIpc) is 3.15. The molecule has 0 radical (unpaired) electrons. The van der Waals surface area contributed by atoms with Gasteiger partial charge in [0.2, 0.25) is 0 Å². The van der Waals surface area contributed by atoms with Crippen molar-refractivity contribution in [2.24, 2.45) is 0 Å². The number of H-pyrrole nitrogens is 1. The first-order chi connectivity index (χ1) is 11.1. The molecule has 8 heteroatoms. The van der Waals surface area contributed by atoms with Crippen LogP contribution in [-0.2, 0) is 9.53 Å². The van der Waals surface area contributed by atoms with E-state index in [4.69, 9.17) is 16.3 Å². The largest absolute Gasteiger partial charge is 1.00 e. The van der Waals surface area contributed by atoms with E-state index in [1.807, 2.05) is 0 Å². The molecule has 2 aromatic rings. The quantitative estimate of drug-likeness (QED) is 0.556. The van der Waals surface area contributed by atoms with Crippen LogP contribution in [0.4, 0.5) is 5.69 Å². The summed E-state index contributed by atoms with van der Waals surface area (Å²) in [5.41, 5.74) is 1.38. The van der Waals surface area contributed by atoms with E-state index in [1.165, 1.54) is 12.0 Å². The fraction of sp³-hybridized carbons (Fsp3) is 0.375. The lowest BCUT2D eigenvalue weighted by molar-refractivity contribution is -0.878. The third-order valence-corrected chi connectivity index (χ3v) is 4.37. The highest BCUT2D eigenvalue weighted by molar-refractivity contribution is 6.31. The second-order valence-corrected chi connectivity index (χ2v) is 6.17. The Kier molecular flexibility index (Phi) is 6.10. The Labute approximate surface area is 150 Å². The number of rotatable bonds is 4. The van der Waals surface area contributed by atoms with Crippen molar-refractivity contribution in [1.29, 1.82) is 0 Å². The highest BCUT2D eigenvalue weighted by atomic mass is 35.5. The molecule has 1 amide bonds. The maximum absolute atomic E-state index is 12.3. The lowest BCUT2D eigenvalue weighted by Gasteiger charge is -2.12. The average molecular weight is 372 g/mol. The van der Waals surface area contributed by atoms with E-state index < -0.39 is 5.97 Å². The molecule has 0 atom stereocenters. The fourth-order valence-electron chi connectivity index (χ4n) is 3.01. The van der Waals surface area contributed by atoms with E-state index >= 15 is 0 Å². The highest BCUT2D eigenvalue weighted by Gasteiger charge is 2.23. The summed E-state index contributed by atoms with van der Waals surface area (Å²) in [7, 11) is 1.31. The predicted octanol–water partition coefficient (Wildman–Crippen LogP) is -1.77. The predicted molar refractivity (Wildman–Crippen MR) is 88.1 cm³/mol. The minimum absolute atomic E-state index is 0. The zero-order valence-corrected chi connectivity index (χ0v) is 14.8. The molecule has 0 bridgehead atoms. The van der Waals surface area contributed by atoms with Crippen LogP contribution in [0.15, 0.2) is 18.2 Å². The Hall–Kier alpha value is -1.76. The van der Waals surface area contributed by atoms with Crippen molar-refractivity contribution in [3.8, 4) is 0 Å². The molecule has 1 saturated heterocycles. The summed E-state index contributed by atoms with van der Waals surface area (Å²) in [4.78, 5) is 28.5. The van der Waals surface area contributed by atoms with Crippen LogP contribution in [0.1, 0.15) is 23.3 Å². The van der Waals surface area contributed by atoms with E-state index in [9.17, 15) is 9.59 Å². The summed E-state index contributed by atoms with van der Waals surface area (Å²) < 4.78 is 4.79. The number of nitrogens with one attached hydrogen (secondary N) is 3. The van der Waals surface area contributed by atoms with Gasteiger partial charge in [-0.3, -0.25) is 4.79 Å². The normalized spacial score (nSPS) is 14.4.